The van der Waals surface area contributed by atoms with Gasteiger partial charge in [0.15, 0.2) is 0 Å². The van der Waals surface area contributed by atoms with E-state index in [1.807, 2.05) is 0 Å². The molecular weight excluding hydrogens is 224 g/mol. The molecule has 3 heteroatoms. The van der Waals surface area contributed by atoms with Gasteiger partial charge in [-0.05, 0) is 31.6 Å². The van der Waals surface area contributed by atoms with Crippen LogP contribution in [0.25, 0.3) is 0 Å². The summed E-state index contributed by atoms with van der Waals surface area (Å²) in [5.41, 5.74) is 0. The molecule has 2 unspecified atom stereocenters. The van der Waals surface area contributed by atoms with Crippen LogP contribution in [0.5, 0.6) is 0 Å². The predicted molar refractivity (Wildman–Crippen MR) is 68.1 cm³/mol. The number of methoxy groups -OCH3 is 1. The van der Waals surface area contributed by atoms with Crippen molar-refractivity contribution in [2.75, 3.05) is 26.9 Å². The summed E-state index contributed by atoms with van der Waals surface area (Å²) in [4.78, 5) is 0. The van der Waals surface area contributed by atoms with Crippen LogP contribution in [0.2, 0.25) is 0 Å². The van der Waals surface area contributed by atoms with Crippen molar-refractivity contribution >= 4 is 11.6 Å². The Morgan fingerprint density at radius 2 is 1.88 bits per heavy atom. The second kappa shape index (κ2) is 9.26. The number of halogens is 1. The van der Waals surface area contributed by atoms with Gasteiger partial charge in [-0.1, -0.05) is 19.3 Å². The summed E-state index contributed by atoms with van der Waals surface area (Å²) < 4.78 is 10.4. The van der Waals surface area contributed by atoms with Crippen molar-refractivity contribution in [2.45, 2.75) is 50.3 Å². The molecule has 0 aromatic rings. The van der Waals surface area contributed by atoms with E-state index in [4.69, 9.17) is 21.1 Å². The maximum absolute atomic E-state index is 6.39. The molecule has 1 fully saturated rings. The maximum atomic E-state index is 6.39. The summed E-state index contributed by atoms with van der Waals surface area (Å²) in [7, 11) is 1.70. The average Bonchev–Trinajstić information content (AvgIpc) is 2.49. The molecule has 0 heterocycles. The molecule has 0 bridgehead atoms. The zero-order valence-corrected chi connectivity index (χ0v) is 11.2. The van der Waals surface area contributed by atoms with E-state index in [0.29, 0.717) is 18.6 Å². The molecule has 2 nitrogen and oxygen atoms in total. The van der Waals surface area contributed by atoms with E-state index in [1.165, 1.54) is 38.5 Å². The molecule has 16 heavy (non-hydrogen) atoms. The van der Waals surface area contributed by atoms with Gasteiger partial charge in [0, 0.05) is 19.1 Å². The summed E-state index contributed by atoms with van der Waals surface area (Å²) in [6, 6.07) is 0. The Labute approximate surface area is 105 Å². The van der Waals surface area contributed by atoms with Crippen LogP contribution in [0, 0.1) is 5.92 Å². The van der Waals surface area contributed by atoms with E-state index in [1.54, 1.807) is 7.11 Å². The molecule has 0 N–H and O–H groups in total. The number of hydrogen-bond donors (Lipinski definition) is 0. The van der Waals surface area contributed by atoms with Crippen LogP contribution in [0.1, 0.15) is 44.9 Å². The smallest absolute Gasteiger partial charge is 0.0700 e. The first kappa shape index (κ1) is 14.3. The summed E-state index contributed by atoms with van der Waals surface area (Å²) >= 11 is 6.39. The highest BCUT2D eigenvalue weighted by Crippen LogP contribution is 2.30. The standard InChI is InChI=1S/C13H25ClO2/c1-15-10-11-16-9-5-7-12-6-3-2-4-8-13(12)14/h12-13H,2-11H2,1H3. The van der Waals surface area contributed by atoms with Gasteiger partial charge < -0.3 is 9.47 Å². The summed E-state index contributed by atoms with van der Waals surface area (Å²) in [5.74, 6) is 0.718. The van der Waals surface area contributed by atoms with Gasteiger partial charge in [-0.2, -0.15) is 0 Å². The molecule has 1 saturated carbocycles. The van der Waals surface area contributed by atoms with Crippen LogP contribution in [-0.2, 0) is 9.47 Å². The van der Waals surface area contributed by atoms with Gasteiger partial charge in [-0.15, -0.1) is 11.6 Å². The lowest BCUT2D eigenvalue weighted by atomic mass is 9.95. The van der Waals surface area contributed by atoms with Gasteiger partial charge in [-0.3, -0.25) is 0 Å². The first-order chi connectivity index (χ1) is 7.84. The quantitative estimate of drug-likeness (QED) is 0.389. The Hall–Kier alpha value is 0.210. The third-order valence-corrected chi connectivity index (χ3v) is 3.94. The lowest BCUT2D eigenvalue weighted by Crippen LogP contribution is -2.14. The zero-order valence-electron chi connectivity index (χ0n) is 10.4. The number of hydrogen-bond acceptors (Lipinski definition) is 2. The molecule has 0 radical (unpaired) electrons. The molecule has 0 saturated heterocycles. The van der Waals surface area contributed by atoms with E-state index < -0.39 is 0 Å². The second-order valence-electron chi connectivity index (χ2n) is 4.66. The fourth-order valence-electron chi connectivity index (χ4n) is 2.36. The van der Waals surface area contributed by atoms with Crippen LogP contribution < -0.4 is 0 Å². The third kappa shape index (κ3) is 6.07. The van der Waals surface area contributed by atoms with Gasteiger partial charge in [-0.25, -0.2) is 0 Å². The van der Waals surface area contributed by atoms with Crippen molar-refractivity contribution < 1.29 is 9.47 Å². The van der Waals surface area contributed by atoms with Crippen molar-refractivity contribution in [3.8, 4) is 0 Å². The van der Waals surface area contributed by atoms with E-state index in [9.17, 15) is 0 Å². The largest absolute Gasteiger partial charge is 0.382 e. The SMILES string of the molecule is COCCOCCCC1CCCCCC1Cl. The van der Waals surface area contributed by atoms with Crippen LogP contribution in [-0.4, -0.2) is 32.3 Å². The van der Waals surface area contributed by atoms with E-state index in [2.05, 4.69) is 0 Å². The minimum atomic E-state index is 0.404. The molecule has 0 amide bonds. The first-order valence-electron chi connectivity index (χ1n) is 6.55. The third-order valence-electron chi connectivity index (χ3n) is 3.36. The summed E-state index contributed by atoms with van der Waals surface area (Å²) in [6.45, 7) is 2.26. The molecule has 96 valence electrons. The predicted octanol–water partition coefficient (Wildman–Crippen LogP) is 3.62. The normalized spacial score (nSPS) is 26.6. The summed E-state index contributed by atoms with van der Waals surface area (Å²) in [5, 5.41) is 0.404. The van der Waals surface area contributed by atoms with Gasteiger partial charge >= 0.3 is 0 Å². The van der Waals surface area contributed by atoms with Crippen molar-refractivity contribution in [1.82, 2.24) is 0 Å². The highest BCUT2D eigenvalue weighted by Gasteiger charge is 2.20. The summed E-state index contributed by atoms with van der Waals surface area (Å²) in [6.07, 6.45) is 8.92. The van der Waals surface area contributed by atoms with Crippen molar-refractivity contribution in [1.29, 1.82) is 0 Å². The van der Waals surface area contributed by atoms with Gasteiger partial charge in [0.05, 0.1) is 13.2 Å². The Balaban J connectivity index is 2.01. The number of ether oxygens (including phenoxy) is 2. The van der Waals surface area contributed by atoms with Crippen molar-refractivity contribution in [3.63, 3.8) is 0 Å². The molecule has 1 aliphatic rings. The van der Waals surface area contributed by atoms with Crippen LogP contribution >= 0.6 is 11.6 Å². The maximum Gasteiger partial charge on any atom is 0.0700 e. The molecule has 0 aromatic heterocycles. The lowest BCUT2D eigenvalue weighted by Gasteiger charge is -2.19. The Morgan fingerprint density at radius 1 is 1.06 bits per heavy atom. The van der Waals surface area contributed by atoms with Gasteiger partial charge in [0.1, 0.15) is 0 Å². The Bertz CT molecular complexity index is 164. The molecule has 0 aliphatic heterocycles. The van der Waals surface area contributed by atoms with Crippen LogP contribution in [0.4, 0.5) is 0 Å². The van der Waals surface area contributed by atoms with E-state index >= 15 is 0 Å². The van der Waals surface area contributed by atoms with Crippen molar-refractivity contribution in [3.05, 3.63) is 0 Å². The molecular formula is C13H25ClO2. The van der Waals surface area contributed by atoms with Gasteiger partial charge in [0.25, 0.3) is 0 Å². The second-order valence-corrected chi connectivity index (χ2v) is 5.22. The molecule has 0 spiro atoms. The van der Waals surface area contributed by atoms with Crippen LogP contribution in [0.3, 0.4) is 0 Å². The molecule has 1 aliphatic carbocycles. The Kier molecular flexibility index (Phi) is 8.26. The molecule has 2 atom stereocenters. The number of rotatable bonds is 7. The molecule has 0 aromatic carbocycles. The van der Waals surface area contributed by atoms with Crippen LogP contribution in [0.15, 0.2) is 0 Å². The highest BCUT2D eigenvalue weighted by molar-refractivity contribution is 6.20. The Morgan fingerprint density at radius 3 is 2.69 bits per heavy atom. The lowest BCUT2D eigenvalue weighted by molar-refractivity contribution is 0.0670. The topological polar surface area (TPSA) is 18.5 Å². The van der Waals surface area contributed by atoms with Crippen molar-refractivity contribution in [2.24, 2.45) is 5.92 Å². The van der Waals surface area contributed by atoms with Gasteiger partial charge in [0.2, 0.25) is 0 Å². The van der Waals surface area contributed by atoms with E-state index in [0.717, 1.165) is 18.9 Å². The minimum Gasteiger partial charge on any atom is -0.382 e. The monoisotopic (exact) mass is 248 g/mol. The fourth-order valence-corrected chi connectivity index (χ4v) is 2.76. The van der Waals surface area contributed by atoms with E-state index in [-0.39, 0.29) is 0 Å². The fraction of sp³-hybridized carbons (Fsp3) is 1.00. The zero-order chi connectivity index (χ0) is 11.6. The first-order valence-corrected chi connectivity index (χ1v) is 6.99. The average molecular weight is 249 g/mol. The molecule has 1 rings (SSSR count). The number of alkyl halides is 1. The highest BCUT2D eigenvalue weighted by atomic mass is 35.5. The minimum absolute atomic E-state index is 0.404.